The number of carbonyl (C=O) groups is 1. The molecule has 0 saturated carbocycles. The summed E-state index contributed by atoms with van der Waals surface area (Å²) in [5.41, 5.74) is 9.87. The number of hydrogen-bond donors (Lipinski definition) is 1. The van der Waals surface area contributed by atoms with Crippen molar-refractivity contribution in [2.24, 2.45) is 7.05 Å². The SMILES string of the molecule is Cc1c(C(=O)N2CCCc3c(N)cccc32)nnn1C.Cl. The molecule has 3 rings (SSSR count). The standard InChI is InChI=1S/C14H17N5O.ClH/c1-9-13(16-17-18(9)2)14(20)19-8-4-5-10-11(15)6-3-7-12(10)19;/h3,6-7H,4-5,8,15H2,1-2H3;1H. The van der Waals surface area contributed by atoms with Crippen LogP contribution in [0.3, 0.4) is 0 Å². The van der Waals surface area contributed by atoms with Gasteiger partial charge in [0.05, 0.1) is 5.69 Å². The number of aryl methyl sites for hydroxylation is 1. The number of nitrogens with zero attached hydrogens (tertiary/aromatic N) is 4. The third kappa shape index (κ3) is 2.47. The molecule has 0 unspecified atom stereocenters. The van der Waals surface area contributed by atoms with Gasteiger partial charge in [-0.2, -0.15) is 0 Å². The molecule has 1 aliphatic heterocycles. The molecular formula is C14H18ClN5O. The summed E-state index contributed by atoms with van der Waals surface area (Å²) >= 11 is 0. The molecule has 112 valence electrons. The first-order chi connectivity index (χ1) is 9.59. The first-order valence-corrected chi connectivity index (χ1v) is 6.65. The maximum Gasteiger partial charge on any atom is 0.280 e. The van der Waals surface area contributed by atoms with Crippen LogP contribution in [0.15, 0.2) is 18.2 Å². The number of halogens is 1. The first kappa shape index (κ1) is 15.3. The smallest absolute Gasteiger partial charge is 0.280 e. The predicted octanol–water partition coefficient (Wildman–Crippen LogP) is 1.72. The van der Waals surface area contributed by atoms with Crippen molar-refractivity contribution >= 4 is 29.7 Å². The van der Waals surface area contributed by atoms with Gasteiger partial charge in [0.2, 0.25) is 0 Å². The topological polar surface area (TPSA) is 77.0 Å². The first-order valence-electron chi connectivity index (χ1n) is 6.65. The van der Waals surface area contributed by atoms with Crippen LogP contribution in [-0.4, -0.2) is 27.4 Å². The summed E-state index contributed by atoms with van der Waals surface area (Å²) in [5, 5.41) is 7.88. The largest absolute Gasteiger partial charge is 0.398 e. The van der Waals surface area contributed by atoms with E-state index >= 15 is 0 Å². The molecule has 1 aliphatic rings. The fraction of sp³-hybridized carbons (Fsp3) is 0.357. The molecule has 2 heterocycles. The van der Waals surface area contributed by atoms with Gasteiger partial charge >= 0.3 is 0 Å². The van der Waals surface area contributed by atoms with Crippen LogP contribution in [0.4, 0.5) is 11.4 Å². The van der Waals surface area contributed by atoms with Gasteiger partial charge < -0.3 is 10.6 Å². The van der Waals surface area contributed by atoms with Crippen molar-refractivity contribution in [1.29, 1.82) is 0 Å². The lowest BCUT2D eigenvalue weighted by Gasteiger charge is -2.29. The predicted molar refractivity (Wildman–Crippen MR) is 83.8 cm³/mol. The highest BCUT2D eigenvalue weighted by molar-refractivity contribution is 6.06. The van der Waals surface area contributed by atoms with E-state index in [4.69, 9.17) is 5.73 Å². The third-order valence-electron chi connectivity index (χ3n) is 3.84. The zero-order valence-corrected chi connectivity index (χ0v) is 12.9. The van der Waals surface area contributed by atoms with E-state index in [9.17, 15) is 4.79 Å². The van der Waals surface area contributed by atoms with Gasteiger partial charge in [0.15, 0.2) is 5.69 Å². The highest BCUT2D eigenvalue weighted by atomic mass is 35.5. The van der Waals surface area contributed by atoms with Crippen LogP contribution in [0.1, 0.15) is 28.2 Å². The minimum Gasteiger partial charge on any atom is -0.398 e. The Bertz CT molecular complexity index is 682. The van der Waals surface area contributed by atoms with Crippen LogP contribution in [0.2, 0.25) is 0 Å². The van der Waals surface area contributed by atoms with E-state index < -0.39 is 0 Å². The van der Waals surface area contributed by atoms with Crippen molar-refractivity contribution in [1.82, 2.24) is 15.0 Å². The molecule has 0 saturated heterocycles. The lowest BCUT2D eigenvalue weighted by molar-refractivity contribution is 0.0979. The van der Waals surface area contributed by atoms with E-state index in [-0.39, 0.29) is 18.3 Å². The van der Waals surface area contributed by atoms with Gasteiger partial charge in [0, 0.05) is 25.0 Å². The summed E-state index contributed by atoms with van der Waals surface area (Å²) in [5.74, 6) is -0.109. The lowest BCUT2D eigenvalue weighted by Crippen LogP contribution is -2.36. The highest BCUT2D eigenvalue weighted by Gasteiger charge is 2.27. The molecule has 0 bridgehead atoms. The molecule has 6 nitrogen and oxygen atoms in total. The van der Waals surface area contributed by atoms with Gasteiger partial charge in [-0.1, -0.05) is 11.3 Å². The van der Waals surface area contributed by atoms with Crippen LogP contribution < -0.4 is 10.6 Å². The number of nitrogen functional groups attached to an aromatic ring is 1. The highest BCUT2D eigenvalue weighted by Crippen LogP contribution is 2.32. The van der Waals surface area contributed by atoms with Gasteiger partial charge in [-0.3, -0.25) is 9.48 Å². The Labute approximate surface area is 129 Å². The number of amides is 1. The number of rotatable bonds is 1. The van der Waals surface area contributed by atoms with Crippen LogP contribution in [0.5, 0.6) is 0 Å². The second kappa shape index (κ2) is 5.73. The number of fused-ring (bicyclic) bond motifs is 1. The number of aromatic nitrogens is 3. The number of benzene rings is 1. The Balaban J connectivity index is 0.00000161. The van der Waals surface area contributed by atoms with Crippen LogP contribution in [-0.2, 0) is 13.5 Å². The maximum absolute atomic E-state index is 12.7. The zero-order chi connectivity index (χ0) is 14.3. The van der Waals surface area contributed by atoms with E-state index in [1.807, 2.05) is 25.1 Å². The molecule has 1 aromatic heterocycles. The molecule has 0 fully saturated rings. The zero-order valence-electron chi connectivity index (χ0n) is 12.0. The Hall–Kier alpha value is -2.08. The molecule has 7 heteroatoms. The molecule has 0 atom stereocenters. The summed E-state index contributed by atoms with van der Waals surface area (Å²) in [4.78, 5) is 14.4. The van der Waals surface area contributed by atoms with E-state index in [1.165, 1.54) is 0 Å². The van der Waals surface area contributed by atoms with Crippen molar-refractivity contribution in [2.75, 3.05) is 17.2 Å². The Morgan fingerprint density at radius 1 is 1.38 bits per heavy atom. The fourth-order valence-electron chi connectivity index (χ4n) is 2.59. The molecule has 2 N–H and O–H groups in total. The summed E-state index contributed by atoms with van der Waals surface area (Å²) in [7, 11) is 1.78. The number of hydrogen-bond acceptors (Lipinski definition) is 4. The third-order valence-corrected chi connectivity index (χ3v) is 3.84. The van der Waals surface area contributed by atoms with E-state index in [1.54, 1.807) is 16.6 Å². The average Bonchev–Trinajstić information content (AvgIpc) is 2.78. The number of nitrogens with two attached hydrogens (primary N) is 1. The quantitative estimate of drug-likeness (QED) is 0.814. The van der Waals surface area contributed by atoms with Crippen LogP contribution in [0.25, 0.3) is 0 Å². The molecule has 0 aliphatic carbocycles. The monoisotopic (exact) mass is 307 g/mol. The van der Waals surface area contributed by atoms with Crippen LogP contribution >= 0.6 is 12.4 Å². The summed E-state index contributed by atoms with van der Waals surface area (Å²) in [6.45, 7) is 2.53. The lowest BCUT2D eigenvalue weighted by atomic mass is 9.99. The fourth-order valence-corrected chi connectivity index (χ4v) is 2.59. The van der Waals surface area contributed by atoms with Gasteiger partial charge in [0.1, 0.15) is 0 Å². The summed E-state index contributed by atoms with van der Waals surface area (Å²) < 4.78 is 1.61. The normalized spacial score (nSPS) is 13.5. The Kier molecular flexibility index (Phi) is 4.18. The van der Waals surface area contributed by atoms with Gasteiger partial charge in [-0.15, -0.1) is 17.5 Å². The number of carbonyl (C=O) groups excluding carboxylic acids is 1. The van der Waals surface area contributed by atoms with Crippen molar-refractivity contribution in [3.05, 3.63) is 35.2 Å². The number of anilines is 2. The molecule has 0 radical (unpaired) electrons. The van der Waals surface area contributed by atoms with Crippen molar-refractivity contribution < 1.29 is 4.79 Å². The second-order valence-corrected chi connectivity index (χ2v) is 5.05. The van der Waals surface area contributed by atoms with Crippen molar-refractivity contribution in [2.45, 2.75) is 19.8 Å². The van der Waals surface area contributed by atoms with E-state index in [0.717, 1.165) is 35.5 Å². The molecule has 21 heavy (non-hydrogen) atoms. The van der Waals surface area contributed by atoms with Gasteiger partial charge in [-0.05, 0) is 37.5 Å². The summed E-state index contributed by atoms with van der Waals surface area (Å²) in [6.07, 6.45) is 1.82. The molecule has 0 spiro atoms. The minimum absolute atomic E-state index is 0. The molecule has 1 amide bonds. The molecule has 2 aromatic rings. The second-order valence-electron chi connectivity index (χ2n) is 5.05. The molecule has 1 aromatic carbocycles. The molecular weight excluding hydrogens is 290 g/mol. The minimum atomic E-state index is -0.109. The average molecular weight is 308 g/mol. The van der Waals surface area contributed by atoms with Crippen molar-refractivity contribution in [3.8, 4) is 0 Å². The van der Waals surface area contributed by atoms with E-state index in [2.05, 4.69) is 10.3 Å². The van der Waals surface area contributed by atoms with Crippen LogP contribution in [0, 0.1) is 6.92 Å². The van der Waals surface area contributed by atoms with Crippen molar-refractivity contribution in [3.63, 3.8) is 0 Å². The Morgan fingerprint density at radius 2 is 2.14 bits per heavy atom. The Morgan fingerprint density at radius 3 is 2.81 bits per heavy atom. The van der Waals surface area contributed by atoms with Gasteiger partial charge in [0.25, 0.3) is 5.91 Å². The summed E-state index contributed by atoms with van der Waals surface area (Å²) in [6, 6.07) is 5.69. The maximum atomic E-state index is 12.7. The van der Waals surface area contributed by atoms with Gasteiger partial charge in [-0.25, -0.2) is 0 Å². The van der Waals surface area contributed by atoms with E-state index in [0.29, 0.717) is 12.2 Å².